The van der Waals surface area contributed by atoms with Crippen LogP contribution in [0.1, 0.15) is 62.8 Å². The van der Waals surface area contributed by atoms with Crippen LogP contribution in [0, 0.1) is 0 Å². The van der Waals surface area contributed by atoms with Gasteiger partial charge in [-0.25, -0.2) is 13.1 Å². The van der Waals surface area contributed by atoms with Crippen LogP contribution in [0.25, 0.3) is 6.08 Å². The molecule has 2 aromatic rings. The van der Waals surface area contributed by atoms with Gasteiger partial charge in [-0.3, -0.25) is 9.48 Å². The van der Waals surface area contributed by atoms with Crippen molar-refractivity contribution in [2.24, 2.45) is 0 Å². The van der Waals surface area contributed by atoms with E-state index in [1.165, 1.54) is 22.9 Å². The minimum Gasteiger partial charge on any atom is -0.477 e. The molecule has 1 aromatic heterocycles. The van der Waals surface area contributed by atoms with E-state index in [1.807, 2.05) is 18.6 Å². The molecule has 0 aliphatic rings. The molecule has 0 atom stereocenters. The van der Waals surface area contributed by atoms with E-state index in [9.17, 15) is 26.4 Å². The molecule has 0 spiro atoms. The normalized spacial score (nSPS) is 12.3. The van der Waals surface area contributed by atoms with Crippen molar-refractivity contribution in [3.8, 4) is 5.88 Å². The highest BCUT2D eigenvalue weighted by molar-refractivity contribution is 7.90. The zero-order valence-corrected chi connectivity index (χ0v) is 20.1. The zero-order chi connectivity index (χ0) is 25.2. The van der Waals surface area contributed by atoms with E-state index in [2.05, 4.69) is 5.10 Å². The molecule has 1 amide bonds. The molecule has 188 valence electrons. The number of hydrogen-bond acceptors (Lipinski definition) is 5. The SMILES string of the molecule is CCCCCS(=O)(=O)NC(=O)/C=C/c1cc(OCCCC)nn1Cc1ccc(C(F)(F)F)cc1. The molecular weight excluding hydrogens is 471 g/mol. The predicted octanol–water partition coefficient (Wildman–Crippen LogP) is 4.78. The molecule has 2 rings (SSSR count). The van der Waals surface area contributed by atoms with E-state index < -0.39 is 27.7 Å². The van der Waals surface area contributed by atoms with E-state index >= 15 is 0 Å². The summed E-state index contributed by atoms with van der Waals surface area (Å²) in [6, 6.07) is 6.27. The summed E-state index contributed by atoms with van der Waals surface area (Å²) < 4.78 is 71.5. The Kier molecular flexibility index (Phi) is 10.2. The minimum atomic E-state index is -4.43. The summed E-state index contributed by atoms with van der Waals surface area (Å²) in [4.78, 5) is 12.1. The number of halogens is 3. The summed E-state index contributed by atoms with van der Waals surface area (Å²) in [6.45, 7) is 4.52. The van der Waals surface area contributed by atoms with E-state index in [0.29, 0.717) is 30.2 Å². The molecule has 0 aliphatic carbocycles. The van der Waals surface area contributed by atoms with Gasteiger partial charge in [-0.05, 0) is 36.6 Å². The first-order valence-corrected chi connectivity index (χ1v) is 12.8. The van der Waals surface area contributed by atoms with Gasteiger partial charge in [-0.1, -0.05) is 45.2 Å². The second-order valence-electron chi connectivity index (χ2n) is 7.79. The predicted molar refractivity (Wildman–Crippen MR) is 124 cm³/mol. The van der Waals surface area contributed by atoms with Crippen molar-refractivity contribution in [1.82, 2.24) is 14.5 Å². The first kappa shape index (κ1) is 27.4. The Morgan fingerprint density at radius 3 is 2.41 bits per heavy atom. The van der Waals surface area contributed by atoms with Crippen molar-refractivity contribution in [2.75, 3.05) is 12.4 Å². The Hall–Kier alpha value is -2.82. The summed E-state index contributed by atoms with van der Waals surface area (Å²) >= 11 is 0. The zero-order valence-electron chi connectivity index (χ0n) is 19.3. The number of unbranched alkanes of at least 4 members (excludes halogenated alkanes) is 3. The third kappa shape index (κ3) is 9.20. The van der Waals surface area contributed by atoms with Crippen molar-refractivity contribution < 1.29 is 31.1 Å². The maximum atomic E-state index is 12.8. The lowest BCUT2D eigenvalue weighted by atomic mass is 10.1. The van der Waals surface area contributed by atoms with Crippen molar-refractivity contribution in [1.29, 1.82) is 0 Å². The average Bonchev–Trinajstić information content (AvgIpc) is 3.13. The molecule has 1 N–H and O–H groups in total. The summed E-state index contributed by atoms with van der Waals surface area (Å²) in [5.74, 6) is -0.637. The topological polar surface area (TPSA) is 90.3 Å². The van der Waals surface area contributed by atoms with Gasteiger partial charge >= 0.3 is 6.18 Å². The Labute approximate surface area is 198 Å². The summed E-state index contributed by atoms with van der Waals surface area (Å²) in [6.07, 6.45) is 1.84. The highest BCUT2D eigenvalue weighted by Gasteiger charge is 2.29. The largest absolute Gasteiger partial charge is 0.477 e. The van der Waals surface area contributed by atoms with Gasteiger partial charge in [0.05, 0.1) is 30.2 Å². The lowest BCUT2D eigenvalue weighted by molar-refractivity contribution is -0.137. The maximum absolute atomic E-state index is 12.8. The standard InChI is InChI=1S/C23H30F3N3O4S/c1-3-5-7-15-34(31,32)28-21(30)13-12-20-16-22(33-14-6-4-2)27-29(20)17-18-8-10-19(11-9-18)23(24,25)26/h8-13,16H,3-7,14-15,17H2,1-2H3,(H,28,30)/b13-12+. The van der Waals surface area contributed by atoms with Gasteiger partial charge in [0.1, 0.15) is 0 Å². The highest BCUT2D eigenvalue weighted by Crippen LogP contribution is 2.29. The number of nitrogens with one attached hydrogen (secondary N) is 1. The van der Waals surface area contributed by atoms with Crippen molar-refractivity contribution in [3.63, 3.8) is 0 Å². The van der Waals surface area contributed by atoms with Crippen molar-refractivity contribution in [2.45, 2.75) is 58.7 Å². The molecule has 0 aliphatic heterocycles. The average molecular weight is 502 g/mol. The van der Waals surface area contributed by atoms with Gasteiger partial charge in [0, 0.05) is 12.1 Å². The van der Waals surface area contributed by atoms with Crippen LogP contribution >= 0.6 is 0 Å². The van der Waals surface area contributed by atoms with Crippen molar-refractivity contribution >= 4 is 22.0 Å². The van der Waals surface area contributed by atoms with Crippen LogP contribution in [-0.4, -0.2) is 36.5 Å². The number of amides is 1. The van der Waals surface area contributed by atoms with Crippen LogP contribution in [0.3, 0.4) is 0 Å². The van der Waals surface area contributed by atoms with E-state index in [0.717, 1.165) is 43.9 Å². The number of rotatable bonds is 13. The Balaban J connectivity index is 2.17. The fraction of sp³-hybridized carbons (Fsp3) is 0.478. The second kappa shape index (κ2) is 12.6. The number of benzene rings is 1. The molecule has 34 heavy (non-hydrogen) atoms. The van der Waals surface area contributed by atoms with Gasteiger partial charge in [0.2, 0.25) is 15.9 Å². The quantitative estimate of drug-likeness (QED) is 0.315. The molecule has 1 heterocycles. The molecule has 7 nitrogen and oxygen atoms in total. The second-order valence-corrected chi connectivity index (χ2v) is 9.63. The van der Waals surface area contributed by atoms with Crippen LogP contribution in [-0.2, 0) is 27.5 Å². The molecule has 0 radical (unpaired) electrons. The Morgan fingerprint density at radius 2 is 1.79 bits per heavy atom. The minimum absolute atomic E-state index is 0.131. The molecule has 0 unspecified atom stereocenters. The molecule has 0 saturated carbocycles. The fourth-order valence-electron chi connectivity index (χ4n) is 2.97. The van der Waals surface area contributed by atoms with Crippen LogP contribution in [0.4, 0.5) is 13.2 Å². The number of nitrogens with zero attached hydrogens (tertiary/aromatic N) is 2. The lowest BCUT2D eigenvalue weighted by Gasteiger charge is -2.09. The maximum Gasteiger partial charge on any atom is 0.416 e. The number of ether oxygens (including phenoxy) is 1. The number of aromatic nitrogens is 2. The smallest absolute Gasteiger partial charge is 0.416 e. The van der Waals surface area contributed by atoms with Crippen LogP contribution in [0.2, 0.25) is 0 Å². The first-order chi connectivity index (χ1) is 16.0. The van der Waals surface area contributed by atoms with Gasteiger partial charge in [-0.15, -0.1) is 5.10 Å². The molecule has 0 bridgehead atoms. The van der Waals surface area contributed by atoms with Crippen LogP contribution < -0.4 is 9.46 Å². The molecule has 1 aromatic carbocycles. The highest BCUT2D eigenvalue weighted by atomic mass is 32.2. The number of hydrogen-bond donors (Lipinski definition) is 1. The van der Waals surface area contributed by atoms with Crippen molar-refractivity contribution in [3.05, 3.63) is 53.2 Å². The van der Waals surface area contributed by atoms with Crippen LogP contribution in [0.5, 0.6) is 5.88 Å². The Bertz CT molecular complexity index is 1060. The molecular formula is C23H30F3N3O4S. The Morgan fingerprint density at radius 1 is 1.12 bits per heavy atom. The number of sulfonamides is 1. The molecule has 11 heteroatoms. The van der Waals surface area contributed by atoms with Crippen LogP contribution in [0.15, 0.2) is 36.4 Å². The molecule has 0 fully saturated rings. The monoisotopic (exact) mass is 501 g/mol. The lowest BCUT2D eigenvalue weighted by Crippen LogP contribution is -2.31. The number of carbonyl (C=O) groups is 1. The van der Waals surface area contributed by atoms with Gasteiger partial charge in [0.15, 0.2) is 0 Å². The van der Waals surface area contributed by atoms with E-state index in [4.69, 9.17) is 4.74 Å². The number of alkyl halides is 3. The fourth-order valence-corrected chi connectivity index (χ4v) is 4.03. The third-order valence-electron chi connectivity index (χ3n) is 4.83. The summed E-state index contributed by atoms with van der Waals surface area (Å²) in [5.41, 5.74) is 0.246. The van der Waals surface area contributed by atoms with Gasteiger partial charge in [-0.2, -0.15) is 13.2 Å². The summed E-state index contributed by atoms with van der Waals surface area (Å²) in [5, 5.41) is 4.32. The molecule has 0 saturated heterocycles. The van der Waals surface area contributed by atoms with Gasteiger partial charge < -0.3 is 4.74 Å². The van der Waals surface area contributed by atoms with E-state index in [1.54, 1.807) is 6.07 Å². The van der Waals surface area contributed by atoms with E-state index in [-0.39, 0.29) is 12.3 Å². The number of carbonyl (C=O) groups excluding carboxylic acids is 1. The third-order valence-corrected chi connectivity index (χ3v) is 6.17. The van der Waals surface area contributed by atoms with Gasteiger partial charge in [0.25, 0.3) is 5.91 Å². The first-order valence-electron chi connectivity index (χ1n) is 11.1. The summed E-state index contributed by atoms with van der Waals surface area (Å²) in [7, 11) is -3.73.